The van der Waals surface area contributed by atoms with E-state index in [1.165, 1.54) is 7.11 Å². The van der Waals surface area contributed by atoms with Crippen LogP contribution in [0.25, 0.3) is 0 Å². The molecule has 1 aromatic carbocycles. The van der Waals surface area contributed by atoms with Crippen LogP contribution in [-0.4, -0.2) is 50.0 Å². The molecule has 1 heterocycles. The topological polar surface area (TPSA) is 82.1 Å². The molecule has 0 bridgehead atoms. The Kier molecular flexibility index (Phi) is 6.77. The molecule has 0 unspecified atom stereocenters. The van der Waals surface area contributed by atoms with E-state index in [-0.39, 0.29) is 13.0 Å². The van der Waals surface area contributed by atoms with E-state index in [4.69, 9.17) is 14.2 Å². The van der Waals surface area contributed by atoms with Crippen LogP contribution < -0.4 is 4.74 Å². The van der Waals surface area contributed by atoms with Crippen molar-refractivity contribution < 1.29 is 28.6 Å². The maximum absolute atomic E-state index is 12.4. The predicted octanol–water partition coefficient (Wildman–Crippen LogP) is 1.70. The number of benzene rings is 1. The minimum absolute atomic E-state index is 0.138. The normalized spacial score (nSPS) is 19.3. The van der Waals surface area contributed by atoms with Gasteiger partial charge in [-0.3, -0.25) is 0 Å². The van der Waals surface area contributed by atoms with Gasteiger partial charge in [0.15, 0.2) is 0 Å². The number of ether oxygens (including phenoxy) is 3. The first-order chi connectivity index (χ1) is 12.5. The van der Waals surface area contributed by atoms with Crippen molar-refractivity contribution in [3.63, 3.8) is 0 Å². The molecule has 7 heteroatoms. The van der Waals surface area contributed by atoms with Gasteiger partial charge in [0.2, 0.25) is 0 Å². The van der Waals surface area contributed by atoms with Crippen LogP contribution >= 0.6 is 0 Å². The van der Waals surface area contributed by atoms with Gasteiger partial charge in [-0.2, -0.15) is 0 Å². The van der Waals surface area contributed by atoms with Gasteiger partial charge in [-0.1, -0.05) is 12.1 Å². The molecule has 0 amide bonds. The number of carbonyl (C=O) groups excluding carboxylic acids is 3. The molecule has 0 saturated carbocycles. The molecule has 1 aliphatic heterocycles. The SMILES string of the molecule is CCOC(=O)[C@@H]1[C@@H](C=O)CC(C(=O)OC)=CN1Cc1ccc(OC)cc1. The molecule has 0 aliphatic carbocycles. The fourth-order valence-electron chi connectivity index (χ4n) is 2.96. The zero-order valence-electron chi connectivity index (χ0n) is 15.1. The van der Waals surface area contributed by atoms with E-state index in [1.54, 1.807) is 37.3 Å². The molecule has 26 heavy (non-hydrogen) atoms. The number of aldehydes is 1. The fourth-order valence-corrected chi connectivity index (χ4v) is 2.96. The lowest BCUT2D eigenvalue weighted by Crippen LogP contribution is -2.48. The second kappa shape index (κ2) is 9.03. The molecular formula is C19H23NO6. The maximum Gasteiger partial charge on any atom is 0.335 e. The molecule has 0 aromatic heterocycles. The summed E-state index contributed by atoms with van der Waals surface area (Å²) in [7, 11) is 2.86. The Morgan fingerprint density at radius 1 is 1.23 bits per heavy atom. The Hall–Kier alpha value is -2.83. The molecule has 2 rings (SSSR count). The Morgan fingerprint density at radius 3 is 2.46 bits per heavy atom. The molecule has 0 N–H and O–H groups in total. The van der Waals surface area contributed by atoms with Crippen LogP contribution in [0.1, 0.15) is 18.9 Å². The van der Waals surface area contributed by atoms with Crippen LogP contribution in [0.5, 0.6) is 5.75 Å². The van der Waals surface area contributed by atoms with Crippen LogP contribution in [0.3, 0.4) is 0 Å². The summed E-state index contributed by atoms with van der Waals surface area (Å²) in [4.78, 5) is 37.6. The van der Waals surface area contributed by atoms with Gasteiger partial charge in [0.05, 0.1) is 32.3 Å². The smallest absolute Gasteiger partial charge is 0.335 e. The summed E-state index contributed by atoms with van der Waals surface area (Å²) in [6, 6.07) is 6.54. The Labute approximate surface area is 152 Å². The second-order valence-corrected chi connectivity index (χ2v) is 5.87. The van der Waals surface area contributed by atoms with Gasteiger partial charge in [-0.25, -0.2) is 9.59 Å². The highest BCUT2D eigenvalue weighted by atomic mass is 16.5. The summed E-state index contributed by atoms with van der Waals surface area (Å²) >= 11 is 0. The molecule has 140 valence electrons. The first-order valence-electron chi connectivity index (χ1n) is 8.33. The summed E-state index contributed by atoms with van der Waals surface area (Å²) in [6.45, 7) is 2.25. The zero-order valence-corrected chi connectivity index (χ0v) is 15.1. The number of hydrogen-bond acceptors (Lipinski definition) is 7. The standard InChI is InChI=1S/C19H23NO6/c1-4-26-19(23)17-15(12-21)9-14(18(22)25-3)11-20(17)10-13-5-7-16(24-2)8-6-13/h5-8,11-12,15,17H,4,9-10H2,1-3H3/t15-,17+/m1/s1. The molecule has 0 spiro atoms. The summed E-state index contributed by atoms with van der Waals surface area (Å²) < 4.78 is 15.0. The Balaban J connectivity index is 2.35. The highest BCUT2D eigenvalue weighted by molar-refractivity contribution is 5.90. The van der Waals surface area contributed by atoms with E-state index in [2.05, 4.69) is 0 Å². The van der Waals surface area contributed by atoms with Crippen molar-refractivity contribution in [2.45, 2.75) is 25.9 Å². The highest BCUT2D eigenvalue weighted by Crippen LogP contribution is 2.29. The lowest BCUT2D eigenvalue weighted by atomic mass is 9.88. The first-order valence-corrected chi connectivity index (χ1v) is 8.33. The van der Waals surface area contributed by atoms with Crippen LogP contribution in [0.2, 0.25) is 0 Å². The predicted molar refractivity (Wildman–Crippen MR) is 93.2 cm³/mol. The number of esters is 2. The lowest BCUT2D eigenvalue weighted by molar-refractivity contribution is -0.153. The average Bonchev–Trinajstić information content (AvgIpc) is 2.67. The van der Waals surface area contributed by atoms with Crippen LogP contribution in [-0.2, 0) is 30.4 Å². The van der Waals surface area contributed by atoms with Gasteiger partial charge < -0.3 is 23.9 Å². The quantitative estimate of drug-likeness (QED) is 0.540. The second-order valence-electron chi connectivity index (χ2n) is 5.87. The van der Waals surface area contributed by atoms with Crippen molar-refractivity contribution in [1.82, 2.24) is 4.90 Å². The minimum Gasteiger partial charge on any atom is -0.497 e. The summed E-state index contributed by atoms with van der Waals surface area (Å²) in [5, 5.41) is 0. The Morgan fingerprint density at radius 2 is 1.92 bits per heavy atom. The fraction of sp³-hybridized carbons (Fsp3) is 0.421. The van der Waals surface area contributed by atoms with E-state index < -0.39 is 23.9 Å². The molecule has 0 fully saturated rings. The summed E-state index contributed by atoms with van der Waals surface area (Å²) in [5.41, 5.74) is 1.24. The lowest BCUT2D eigenvalue weighted by Gasteiger charge is -2.36. The molecule has 0 radical (unpaired) electrons. The molecule has 1 aliphatic rings. The average molecular weight is 361 g/mol. The molecule has 7 nitrogen and oxygen atoms in total. The molecular weight excluding hydrogens is 338 g/mol. The monoisotopic (exact) mass is 361 g/mol. The molecule has 0 saturated heterocycles. The number of rotatable bonds is 7. The minimum atomic E-state index is -0.789. The van der Waals surface area contributed by atoms with E-state index in [9.17, 15) is 14.4 Å². The third-order valence-electron chi connectivity index (χ3n) is 4.21. The first kappa shape index (κ1) is 19.5. The van der Waals surface area contributed by atoms with Gasteiger partial charge in [-0.05, 0) is 31.0 Å². The van der Waals surface area contributed by atoms with E-state index >= 15 is 0 Å². The summed E-state index contributed by atoms with van der Waals surface area (Å²) in [5.74, 6) is -0.977. The van der Waals surface area contributed by atoms with E-state index in [0.29, 0.717) is 24.2 Å². The van der Waals surface area contributed by atoms with Gasteiger partial charge in [0, 0.05) is 12.7 Å². The zero-order chi connectivity index (χ0) is 19.1. The Bertz CT molecular complexity index is 682. The third-order valence-corrected chi connectivity index (χ3v) is 4.21. The van der Waals surface area contributed by atoms with Gasteiger partial charge >= 0.3 is 11.9 Å². The number of nitrogens with zero attached hydrogens (tertiary/aromatic N) is 1. The summed E-state index contributed by atoms with van der Waals surface area (Å²) in [6.07, 6.45) is 2.41. The largest absolute Gasteiger partial charge is 0.497 e. The number of hydrogen-bond donors (Lipinski definition) is 0. The van der Waals surface area contributed by atoms with E-state index in [0.717, 1.165) is 5.56 Å². The van der Waals surface area contributed by atoms with Crippen LogP contribution in [0.4, 0.5) is 0 Å². The van der Waals surface area contributed by atoms with Crippen molar-refractivity contribution in [2.24, 2.45) is 5.92 Å². The molecule has 2 atom stereocenters. The highest BCUT2D eigenvalue weighted by Gasteiger charge is 2.39. The van der Waals surface area contributed by atoms with Crippen molar-refractivity contribution in [2.75, 3.05) is 20.8 Å². The van der Waals surface area contributed by atoms with Crippen molar-refractivity contribution in [1.29, 1.82) is 0 Å². The number of methoxy groups -OCH3 is 2. The third kappa shape index (κ3) is 4.41. The van der Waals surface area contributed by atoms with Gasteiger partial charge in [0.1, 0.15) is 18.1 Å². The van der Waals surface area contributed by atoms with Crippen molar-refractivity contribution in [3.05, 3.63) is 41.6 Å². The van der Waals surface area contributed by atoms with Crippen molar-refractivity contribution in [3.8, 4) is 5.75 Å². The number of carbonyl (C=O) groups is 3. The van der Waals surface area contributed by atoms with Gasteiger partial charge in [-0.15, -0.1) is 0 Å². The molecule has 1 aromatic rings. The maximum atomic E-state index is 12.4. The van der Waals surface area contributed by atoms with Crippen molar-refractivity contribution >= 4 is 18.2 Å². The van der Waals surface area contributed by atoms with Crippen LogP contribution in [0, 0.1) is 5.92 Å². The van der Waals surface area contributed by atoms with Crippen LogP contribution in [0.15, 0.2) is 36.0 Å². The van der Waals surface area contributed by atoms with Gasteiger partial charge in [0.25, 0.3) is 0 Å². The van der Waals surface area contributed by atoms with E-state index in [1.807, 2.05) is 12.1 Å².